The van der Waals surface area contributed by atoms with E-state index < -0.39 is 0 Å². The fourth-order valence-corrected chi connectivity index (χ4v) is 2.58. The second kappa shape index (κ2) is 7.68. The Hall–Kier alpha value is -1.02. The zero-order chi connectivity index (χ0) is 15.2. The van der Waals surface area contributed by atoms with Crippen molar-refractivity contribution in [2.45, 2.75) is 66.0 Å². The molecule has 0 saturated heterocycles. The first-order valence-corrected chi connectivity index (χ1v) is 7.95. The Morgan fingerprint density at radius 1 is 1.20 bits per heavy atom. The molecule has 0 aliphatic carbocycles. The summed E-state index contributed by atoms with van der Waals surface area (Å²) in [6.45, 7) is 15.5. The van der Waals surface area contributed by atoms with E-state index in [0.29, 0.717) is 6.04 Å². The summed E-state index contributed by atoms with van der Waals surface area (Å²) in [5.41, 5.74) is 2.86. The summed E-state index contributed by atoms with van der Waals surface area (Å²) < 4.78 is 0. The van der Waals surface area contributed by atoms with Gasteiger partial charge in [-0.25, -0.2) is 0 Å². The van der Waals surface area contributed by atoms with E-state index in [4.69, 9.17) is 0 Å². The van der Waals surface area contributed by atoms with Crippen LogP contribution in [0.5, 0.6) is 0 Å². The van der Waals surface area contributed by atoms with E-state index in [9.17, 15) is 0 Å². The average molecular weight is 276 g/mol. The standard InChI is InChI=1S/C18H32N2/c1-7-10-17(14-19-18(4,5)6)20(8-2)16-12-9-11-15(3)13-16/h9,11-13,17,19H,7-8,10,14H2,1-6H3. The van der Waals surface area contributed by atoms with Gasteiger partial charge in [0.1, 0.15) is 0 Å². The number of anilines is 1. The van der Waals surface area contributed by atoms with E-state index >= 15 is 0 Å². The molecule has 0 saturated carbocycles. The fraction of sp³-hybridized carbons (Fsp3) is 0.667. The second-order valence-electron chi connectivity index (χ2n) is 6.70. The lowest BCUT2D eigenvalue weighted by Crippen LogP contribution is -2.47. The number of aryl methyl sites for hydroxylation is 1. The minimum absolute atomic E-state index is 0.179. The number of rotatable bonds is 7. The van der Waals surface area contributed by atoms with Gasteiger partial charge in [-0.2, -0.15) is 0 Å². The highest BCUT2D eigenvalue weighted by Gasteiger charge is 2.19. The zero-order valence-electron chi connectivity index (χ0n) is 14.2. The van der Waals surface area contributed by atoms with E-state index in [-0.39, 0.29) is 5.54 Å². The zero-order valence-corrected chi connectivity index (χ0v) is 14.2. The highest BCUT2D eigenvalue weighted by atomic mass is 15.2. The number of hydrogen-bond donors (Lipinski definition) is 1. The molecule has 0 fully saturated rings. The van der Waals surface area contributed by atoms with Gasteiger partial charge in [0.05, 0.1) is 0 Å². The Balaban J connectivity index is 2.85. The van der Waals surface area contributed by atoms with Gasteiger partial charge in [0, 0.05) is 30.4 Å². The third-order valence-electron chi connectivity index (χ3n) is 3.60. The summed E-state index contributed by atoms with van der Waals surface area (Å²) in [7, 11) is 0. The van der Waals surface area contributed by atoms with Crippen LogP contribution in [-0.4, -0.2) is 24.7 Å². The van der Waals surface area contributed by atoms with Crippen LogP contribution in [0, 0.1) is 6.92 Å². The van der Waals surface area contributed by atoms with Crippen molar-refractivity contribution in [2.75, 3.05) is 18.0 Å². The van der Waals surface area contributed by atoms with Gasteiger partial charge in [0.2, 0.25) is 0 Å². The maximum absolute atomic E-state index is 3.66. The first-order chi connectivity index (χ1) is 9.37. The minimum atomic E-state index is 0.179. The van der Waals surface area contributed by atoms with Crippen molar-refractivity contribution in [3.05, 3.63) is 29.8 Å². The summed E-state index contributed by atoms with van der Waals surface area (Å²) in [4.78, 5) is 2.54. The molecule has 0 aromatic heterocycles. The topological polar surface area (TPSA) is 15.3 Å². The molecular formula is C18H32N2. The highest BCUT2D eigenvalue weighted by molar-refractivity contribution is 5.49. The lowest BCUT2D eigenvalue weighted by atomic mass is 10.0. The van der Waals surface area contributed by atoms with E-state index in [1.54, 1.807) is 0 Å². The Kier molecular flexibility index (Phi) is 6.54. The first kappa shape index (κ1) is 17.0. The van der Waals surface area contributed by atoms with Crippen LogP contribution >= 0.6 is 0 Å². The highest BCUT2D eigenvalue weighted by Crippen LogP contribution is 2.20. The van der Waals surface area contributed by atoms with Crippen LogP contribution in [0.15, 0.2) is 24.3 Å². The van der Waals surface area contributed by atoms with Crippen molar-refractivity contribution in [3.63, 3.8) is 0 Å². The van der Waals surface area contributed by atoms with Gasteiger partial charge in [-0.3, -0.25) is 0 Å². The monoisotopic (exact) mass is 276 g/mol. The van der Waals surface area contributed by atoms with Gasteiger partial charge >= 0.3 is 0 Å². The van der Waals surface area contributed by atoms with Crippen LogP contribution in [0.4, 0.5) is 5.69 Å². The van der Waals surface area contributed by atoms with Crippen LogP contribution in [0.3, 0.4) is 0 Å². The van der Waals surface area contributed by atoms with Gasteiger partial charge in [0.15, 0.2) is 0 Å². The second-order valence-corrected chi connectivity index (χ2v) is 6.70. The molecule has 0 aliphatic rings. The van der Waals surface area contributed by atoms with Crippen molar-refractivity contribution in [3.8, 4) is 0 Å². The molecule has 1 aromatic carbocycles. The van der Waals surface area contributed by atoms with Crippen molar-refractivity contribution in [2.24, 2.45) is 0 Å². The summed E-state index contributed by atoms with van der Waals surface area (Å²) in [5, 5.41) is 3.66. The summed E-state index contributed by atoms with van der Waals surface area (Å²) in [5.74, 6) is 0. The lowest BCUT2D eigenvalue weighted by molar-refractivity contribution is 0.388. The smallest absolute Gasteiger partial charge is 0.0414 e. The van der Waals surface area contributed by atoms with Crippen molar-refractivity contribution in [1.82, 2.24) is 5.32 Å². The number of benzene rings is 1. The minimum Gasteiger partial charge on any atom is -0.368 e. The summed E-state index contributed by atoms with van der Waals surface area (Å²) in [6, 6.07) is 9.41. The van der Waals surface area contributed by atoms with Crippen LogP contribution in [0.25, 0.3) is 0 Å². The molecule has 0 heterocycles. The van der Waals surface area contributed by atoms with E-state index in [2.05, 4.69) is 76.0 Å². The molecule has 0 aliphatic heterocycles. The summed E-state index contributed by atoms with van der Waals surface area (Å²) >= 11 is 0. The van der Waals surface area contributed by atoms with Crippen molar-refractivity contribution < 1.29 is 0 Å². The molecule has 1 aromatic rings. The first-order valence-electron chi connectivity index (χ1n) is 7.95. The maximum atomic E-state index is 3.66. The quantitative estimate of drug-likeness (QED) is 0.795. The predicted octanol–water partition coefficient (Wildman–Crippen LogP) is 4.38. The Morgan fingerprint density at radius 3 is 2.40 bits per heavy atom. The molecule has 1 rings (SSSR count). The van der Waals surface area contributed by atoms with E-state index in [1.807, 2.05) is 0 Å². The molecule has 1 N–H and O–H groups in total. The average Bonchev–Trinajstić information content (AvgIpc) is 2.36. The summed E-state index contributed by atoms with van der Waals surface area (Å²) in [6.07, 6.45) is 2.45. The molecule has 0 radical (unpaired) electrons. The molecule has 2 nitrogen and oxygen atoms in total. The number of likely N-dealkylation sites (N-methyl/N-ethyl adjacent to an activating group) is 1. The Labute approximate surface area is 125 Å². The van der Waals surface area contributed by atoms with Crippen molar-refractivity contribution >= 4 is 5.69 Å². The number of hydrogen-bond acceptors (Lipinski definition) is 2. The molecule has 0 amide bonds. The van der Waals surface area contributed by atoms with Crippen LogP contribution in [0.2, 0.25) is 0 Å². The van der Waals surface area contributed by atoms with E-state index in [1.165, 1.54) is 24.1 Å². The predicted molar refractivity (Wildman–Crippen MR) is 90.7 cm³/mol. The molecule has 1 unspecified atom stereocenters. The molecule has 2 heteroatoms. The lowest BCUT2D eigenvalue weighted by Gasteiger charge is -2.35. The third-order valence-corrected chi connectivity index (χ3v) is 3.60. The van der Waals surface area contributed by atoms with Gasteiger partial charge < -0.3 is 10.2 Å². The van der Waals surface area contributed by atoms with Crippen LogP contribution in [0.1, 0.15) is 53.0 Å². The van der Waals surface area contributed by atoms with Crippen LogP contribution in [-0.2, 0) is 0 Å². The Bertz CT molecular complexity index is 393. The normalized spacial score (nSPS) is 13.3. The maximum Gasteiger partial charge on any atom is 0.0414 e. The molecule has 114 valence electrons. The fourth-order valence-electron chi connectivity index (χ4n) is 2.58. The third kappa shape index (κ3) is 5.54. The van der Waals surface area contributed by atoms with Crippen molar-refractivity contribution in [1.29, 1.82) is 0 Å². The number of nitrogens with zero attached hydrogens (tertiary/aromatic N) is 1. The van der Waals surface area contributed by atoms with Crippen LogP contribution < -0.4 is 10.2 Å². The molecule has 0 bridgehead atoms. The largest absolute Gasteiger partial charge is 0.368 e. The number of nitrogens with one attached hydrogen (secondary N) is 1. The molecule has 1 atom stereocenters. The van der Waals surface area contributed by atoms with E-state index in [0.717, 1.165) is 13.1 Å². The Morgan fingerprint density at radius 2 is 1.90 bits per heavy atom. The molecule has 20 heavy (non-hydrogen) atoms. The van der Waals surface area contributed by atoms with Gasteiger partial charge in [-0.15, -0.1) is 0 Å². The van der Waals surface area contributed by atoms with Gasteiger partial charge in [-0.05, 0) is 58.7 Å². The molecule has 0 spiro atoms. The SMILES string of the molecule is CCCC(CNC(C)(C)C)N(CC)c1cccc(C)c1. The molecular weight excluding hydrogens is 244 g/mol. The van der Waals surface area contributed by atoms with Gasteiger partial charge in [-0.1, -0.05) is 25.5 Å². The van der Waals surface area contributed by atoms with Gasteiger partial charge in [0.25, 0.3) is 0 Å².